The first-order valence-corrected chi connectivity index (χ1v) is 10.7. The van der Waals surface area contributed by atoms with E-state index in [4.69, 9.17) is 5.26 Å². The Balaban J connectivity index is 1.53. The molecule has 0 spiro atoms. The molecule has 0 radical (unpaired) electrons. The van der Waals surface area contributed by atoms with Gasteiger partial charge in [-0.25, -0.2) is 0 Å². The van der Waals surface area contributed by atoms with Crippen LogP contribution in [0.25, 0.3) is 10.9 Å². The molecule has 4 aromatic rings. The van der Waals surface area contributed by atoms with E-state index in [0.717, 1.165) is 27.7 Å². The van der Waals surface area contributed by atoms with Crippen LogP contribution in [0.3, 0.4) is 0 Å². The molecule has 1 atom stereocenters. The summed E-state index contributed by atoms with van der Waals surface area (Å²) in [6.07, 6.45) is 0.515. The number of hydrogen-bond acceptors (Lipinski definition) is 3. The van der Waals surface area contributed by atoms with Crippen LogP contribution in [0.1, 0.15) is 22.4 Å². The van der Waals surface area contributed by atoms with Crippen LogP contribution < -0.4 is 10.6 Å². The van der Waals surface area contributed by atoms with Crippen molar-refractivity contribution >= 4 is 28.4 Å². The number of aromatic amines is 1. The lowest BCUT2D eigenvalue weighted by atomic mass is 10.0. The van der Waals surface area contributed by atoms with Gasteiger partial charge in [-0.05, 0) is 42.3 Å². The number of hydrogen-bond donors (Lipinski definition) is 3. The van der Waals surface area contributed by atoms with E-state index in [1.165, 1.54) is 0 Å². The fourth-order valence-electron chi connectivity index (χ4n) is 3.92. The molecular weight excluding hydrogens is 412 g/mol. The molecule has 33 heavy (non-hydrogen) atoms. The topological polar surface area (TPSA) is 97.8 Å². The highest BCUT2D eigenvalue weighted by Crippen LogP contribution is 2.22. The van der Waals surface area contributed by atoms with Crippen molar-refractivity contribution in [3.63, 3.8) is 0 Å². The summed E-state index contributed by atoms with van der Waals surface area (Å²) in [5, 5.41) is 15.9. The van der Waals surface area contributed by atoms with E-state index in [9.17, 15) is 9.59 Å². The molecule has 3 N–H and O–H groups in total. The van der Waals surface area contributed by atoms with Gasteiger partial charge in [0.25, 0.3) is 0 Å². The highest BCUT2D eigenvalue weighted by Gasteiger charge is 2.23. The number of fused-ring (bicyclic) bond motifs is 1. The van der Waals surface area contributed by atoms with Crippen molar-refractivity contribution in [2.75, 3.05) is 5.32 Å². The number of H-pyrrole nitrogens is 1. The fraction of sp³-hybridized carbons (Fsp3) is 0.148. The summed E-state index contributed by atoms with van der Waals surface area (Å²) >= 11 is 0. The molecule has 0 saturated heterocycles. The summed E-state index contributed by atoms with van der Waals surface area (Å²) < 4.78 is 0. The molecular formula is C27H24N4O2. The minimum absolute atomic E-state index is 0.165. The lowest BCUT2D eigenvalue weighted by Crippen LogP contribution is -2.45. The molecule has 0 aliphatic heterocycles. The van der Waals surface area contributed by atoms with Crippen LogP contribution in [0.15, 0.2) is 78.9 Å². The summed E-state index contributed by atoms with van der Waals surface area (Å²) in [4.78, 5) is 29.4. The number of benzene rings is 3. The minimum atomic E-state index is -0.767. The molecule has 0 unspecified atom stereocenters. The summed E-state index contributed by atoms with van der Waals surface area (Å²) in [6.45, 7) is 1.94. The summed E-state index contributed by atoms with van der Waals surface area (Å²) in [6, 6.07) is 25.4. The number of nitrogens with zero attached hydrogens (tertiary/aromatic N) is 1. The minimum Gasteiger partial charge on any atom is -0.358 e. The molecule has 3 aromatic carbocycles. The van der Waals surface area contributed by atoms with Gasteiger partial charge in [0.15, 0.2) is 0 Å². The van der Waals surface area contributed by atoms with Gasteiger partial charge in [0.05, 0.1) is 18.1 Å². The largest absolute Gasteiger partial charge is 0.358 e. The van der Waals surface area contributed by atoms with Crippen LogP contribution in [0.5, 0.6) is 0 Å². The second-order valence-corrected chi connectivity index (χ2v) is 7.94. The maximum Gasteiger partial charge on any atom is 0.247 e. The van der Waals surface area contributed by atoms with Gasteiger partial charge >= 0.3 is 0 Å². The van der Waals surface area contributed by atoms with Crippen molar-refractivity contribution in [3.8, 4) is 6.07 Å². The highest BCUT2D eigenvalue weighted by atomic mass is 16.2. The Morgan fingerprint density at radius 3 is 2.55 bits per heavy atom. The molecule has 4 rings (SSSR count). The van der Waals surface area contributed by atoms with Crippen LogP contribution in [0, 0.1) is 18.3 Å². The van der Waals surface area contributed by atoms with E-state index in [-0.39, 0.29) is 18.2 Å². The Morgan fingerprint density at radius 1 is 1.00 bits per heavy atom. The Labute approximate surface area is 192 Å². The van der Waals surface area contributed by atoms with Gasteiger partial charge < -0.3 is 15.6 Å². The third-order valence-corrected chi connectivity index (χ3v) is 5.56. The quantitative estimate of drug-likeness (QED) is 0.404. The molecule has 2 amide bonds. The molecule has 0 aliphatic carbocycles. The molecule has 0 aliphatic rings. The van der Waals surface area contributed by atoms with E-state index in [0.29, 0.717) is 17.7 Å². The third-order valence-electron chi connectivity index (χ3n) is 5.56. The number of carbonyl (C=O) groups is 2. The number of amides is 2. The van der Waals surface area contributed by atoms with E-state index >= 15 is 0 Å². The third kappa shape index (κ3) is 5.28. The predicted octanol–water partition coefficient (Wildman–Crippen LogP) is 4.26. The van der Waals surface area contributed by atoms with Gasteiger partial charge in [0.1, 0.15) is 6.04 Å². The smallest absolute Gasteiger partial charge is 0.247 e. The van der Waals surface area contributed by atoms with Crippen LogP contribution in [0.4, 0.5) is 5.69 Å². The lowest BCUT2D eigenvalue weighted by molar-refractivity contribution is -0.126. The molecule has 1 heterocycles. The molecule has 0 fully saturated rings. The number of anilines is 1. The Kier molecular flexibility index (Phi) is 6.51. The van der Waals surface area contributed by atoms with Gasteiger partial charge in [-0.1, -0.05) is 54.6 Å². The maximum absolute atomic E-state index is 13.1. The normalized spacial score (nSPS) is 11.5. The Hall–Kier alpha value is -4.37. The summed E-state index contributed by atoms with van der Waals surface area (Å²) in [5.41, 5.74) is 4.73. The van der Waals surface area contributed by atoms with Crippen LogP contribution in [0.2, 0.25) is 0 Å². The molecule has 6 nitrogen and oxygen atoms in total. The van der Waals surface area contributed by atoms with Crippen molar-refractivity contribution in [3.05, 3.63) is 101 Å². The Bertz CT molecular complexity index is 1340. The average Bonchev–Trinajstić information content (AvgIpc) is 3.14. The van der Waals surface area contributed by atoms with Gasteiger partial charge in [0.2, 0.25) is 11.8 Å². The first-order valence-electron chi connectivity index (χ1n) is 10.7. The molecule has 0 bridgehead atoms. The number of nitriles is 1. The fourth-order valence-corrected chi connectivity index (χ4v) is 3.92. The first kappa shape index (κ1) is 21.8. The van der Waals surface area contributed by atoms with Crippen molar-refractivity contribution in [2.45, 2.75) is 25.8 Å². The molecule has 6 heteroatoms. The molecule has 0 saturated carbocycles. The number of carbonyl (C=O) groups excluding carboxylic acids is 2. The second-order valence-electron chi connectivity index (χ2n) is 7.94. The van der Waals surface area contributed by atoms with Crippen molar-refractivity contribution in [1.29, 1.82) is 5.26 Å². The van der Waals surface area contributed by atoms with Crippen LogP contribution in [-0.2, 0) is 22.4 Å². The standard InChI is InChI=1S/C27H24N4O2/c1-18-23(22-12-5-6-13-24(22)29-18)16-26(32)31-25(15-19-8-3-2-4-9-19)27(33)30-21-11-7-10-20(14-21)17-28/h2-14,25,29H,15-16H2,1H3,(H,30,33)(H,31,32)/t25-/m0/s1. The second kappa shape index (κ2) is 9.84. The zero-order valence-electron chi connectivity index (χ0n) is 18.3. The van der Waals surface area contributed by atoms with Crippen LogP contribution >= 0.6 is 0 Å². The van der Waals surface area contributed by atoms with E-state index < -0.39 is 6.04 Å². The van der Waals surface area contributed by atoms with Crippen molar-refractivity contribution in [2.24, 2.45) is 0 Å². The number of rotatable bonds is 7. The highest BCUT2D eigenvalue weighted by molar-refractivity contribution is 5.98. The number of nitrogens with one attached hydrogen (secondary N) is 3. The first-order chi connectivity index (χ1) is 16.0. The van der Waals surface area contributed by atoms with Crippen LogP contribution in [-0.4, -0.2) is 22.8 Å². The summed E-state index contributed by atoms with van der Waals surface area (Å²) in [5.74, 6) is -0.567. The lowest BCUT2D eigenvalue weighted by Gasteiger charge is -2.19. The molecule has 164 valence electrons. The van der Waals surface area contributed by atoms with E-state index in [2.05, 4.69) is 21.7 Å². The maximum atomic E-state index is 13.1. The van der Waals surface area contributed by atoms with Gasteiger partial charge in [-0.2, -0.15) is 5.26 Å². The van der Waals surface area contributed by atoms with Crippen molar-refractivity contribution in [1.82, 2.24) is 10.3 Å². The van der Waals surface area contributed by atoms with Crippen molar-refractivity contribution < 1.29 is 9.59 Å². The van der Waals surface area contributed by atoms with Gasteiger partial charge in [-0.15, -0.1) is 0 Å². The van der Waals surface area contributed by atoms with E-state index in [1.807, 2.05) is 61.5 Å². The monoisotopic (exact) mass is 436 g/mol. The van der Waals surface area contributed by atoms with Gasteiger partial charge in [-0.3, -0.25) is 9.59 Å². The predicted molar refractivity (Wildman–Crippen MR) is 129 cm³/mol. The Morgan fingerprint density at radius 2 is 1.76 bits per heavy atom. The van der Waals surface area contributed by atoms with Gasteiger partial charge in [0, 0.05) is 28.7 Å². The zero-order valence-corrected chi connectivity index (χ0v) is 18.3. The summed E-state index contributed by atoms with van der Waals surface area (Å²) in [7, 11) is 0. The SMILES string of the molecule is Cc1[nH]c2ccccc2c1CC(=O)N[C@@H](Cc1ccccc1)C(=O)Nc1cccc(C#N)c1. The number of para-hydroxylation sites is 1. The average molecular weight is 437 g/mol. The molecule has 1 aromatic heterocycles. The number of aryl methyl sites for hydroxylation is 1. The number of aromatic nitrogens is 1. The zero-order chi connectivity index (χ0) is 23.2. The van der Waals surface area contributed by atoms with E-state index in [1.54, 1.807) is 24.3 Å².